The zero-order valence-electron chi connectivity index (χ0n) is 10.2. The van der Waals surface area contributed by atoms with Gasteiger partial charge in [0.2, 0.25) is 0 Å². The van der Waals surface area contributed by atoms with Crippen molar-refractivity contribution in [1.82, 2.24) is 4.57 Å². The van der Waals surface area contributed by atoms with Gasteiger partial charge in [0.1, 0.15) is 0 Å². The van der Waals surface area contributed by atoms with Crippen LogP contribution in [0.3, 0.4) is 0 Å². The zero-order valence-corrected chi connectivity index (χ0v) is 10.2. The number of carbonyl (C=O) groups is 1. The van der Waals surface area contributed by atoms with Crippen molar-refractivity contribution in [1.29, 1.82) is 0 Å². The van der Waals surface area contributed by atoms with E-state index in [4.69, 9.17) is 5.11 Å². The van der Waals surface area contributed by atoms with Crippen LogP contribution in [-0.4, -0.2) is 15.6 Å². The Morgan fingerprint density at radius 3 is 2.71 bits per heavy atom. The van der Waals surface area contributed by atoms with Gasteiger partial charge in [0.05, 0.1) is 6.42 Å². The van der Waals surface area contributed by atoms with Crippen LogP contribution in [0.4, 0.5) is 0 Å². The molecule has 2 aromatic rings. The number of nitrogens with zero attached hydrogens (tertiary/aromatic N) is 1. The van der Waals surface area contributed by atoms with Crippen LogP contribution in [0, 0.1) is 0 Å². The fourth-order valence-electron chi connectivity index (χ4n) is 2.27. The second-order valence-corrected chi connectivity index (χ2v) is 4.55. The van der Waals surface area contributed by atoms with Gasteiger partial charge >= 0.3 is 5.97 Å². The van der Waals surface area contributed by atoms with E-state index in [0.29, 0.717) is 12.5 Å². The van der Waals surface area contributed by atoms with Crippen LogP contribution in [0.15, 0.2) is 30.3 Å². The Bertz CT molecular complexity index is 540. The molecule has 0 aliphatic carbocycles. The lowest BCUT2D eigenvalue weighted by atomic mass is 10.2. The average molecular weight is 231 g/mol. The van der Waals surface area contributed by atoms with Gasteiger partial charge in [-0.1, -0.05) is 18.2 Å². The first kappa shape index (κ1) is 11.7. The summed E-state index contributed by atoms with van der Waals surface area (Å²) in [5, 5.41) is 9.95. The lowest BCUT2D eigenvalue weighted by molar-refractivity contribution is -0.136. The number of aliphatic carboxylic acids is 1. The molecule has 0 saturated carbocycles. The third-order valence-electron chi connectivity index (χ3n) is 2.94. The molecule has 3 nitrogen and oxygen atoms in total. The highest BCUT2D eigenvalue weighted by atomic mass is 16.4. The molecular weight excluding hydrogens is 214 g/mol. The molecule has 1 N–H and O–H groups in total. The number of fused-ring (bicyclic) bond motifs is 1. The molecule has 17 heavy (non-hydrogen) atoms. The van der Waals surface area contributed by atoms with Crippen molar-refractivity contribution in [3.8, 4) is 0 Å². The SMILES string of the molecule is CC(C)n1c(CCC(=O)O)cc2ccccc21. The molecule has 1 aromatic heterocycles. The molecule has 0 bridgehead atoms. The number of para-hydroxylation sites is 1. The van der Waals surface area contributed by atoms with E-state index in [1.54, 1.807) is 0 Å². The van der Waals surface area contributed by atoms with Crippen molar-refractivity contribution in [2.75, 3.05) is 0 Å². The van der Waals surface area contributed by atoms with Crippen LogP contribution < -0.4 is 0 Å². The summed E-state index contributed by atoms with van der Waals surface area (Å²) < 4.78 is 2.22. The van der Waals surface area contributed by atoms with E-state index in [1.165, 1.54) is 10.9 Å². The van der Waals surface area contributed by atoms with E-state index in [-0.39, 0.29) is 6.42 Å². The van der Waals surface area contributed by atoms with Crippen LogP contribution in [0.1, 0.15) is 32.0 Å². The topological polar surface area (TPSA) is 42.2 Å². The molecule has 0 aliphatic rings. The summed E-state index contributed by atoms with van der Waals surface area (Å²) in [5.41, 5.74) is 2.28. The summed E-state index contributed by atoms with van der Waals surface area (Å²) in [6.07, 6.45) is 0.769. The fourth-order valence-corrected chi connectivity index (χ4v) is 2.27. The molecular formula is C14H17NO2. The maximum atomic E-state index is 10.7. The van der Waals surface area contributed by atoms with E-state index in [0.717, 1.165) is 5.69 Å². The van der Waals surface area contributed by atoms with E-state index >= 15 is 0 Å². The molecule has 0 atom stereocenters. The number of aryl methyl sites for hydroxylation is 1. The number of hydrogen-bond acceptors (Lipinski definition) is 1. The molecule has 0 saturated heterocycles. The predicted molar refractivity (Wildman–Crippen MR) is 68.3 cm³/mol. The number of aromatic nitrogens is 1. The quantitative estimate of drug-likeness (QED) is 0.877. The van der Waals surface area contributed by atoms with Crippen LogP contribution in [0.2, 0.25) is 0 Å². The van der Waals surface area contributed by atoms with Gasteiger partial charge in [-0.3, -0.25) is 4.79 Å². The molecule has 90 valence electrons. The minimum Gasteiger partial charge on any atom is -0.481 e. The maximum absolute atomic E-state index is 10.7. The molecule has 0 fully saturated rings. The smallest absolute Gasteiger partial charge is 0.303 e. The lowest BCUT2D eigenvalue weighted by Crippen LogP contribution is -2.07. The van der Waals surface area contributed by atoms with Gasteiger partial charge in [-0.25, -0.2) is 0 Å². The molecule has 0 amide bonds. The van der Waals surface area contributed by atoms with Crippen LogP contribution >= 0.6 is 0 Å². The minimum absolute atomic E-state index is 0.184. The van der Waals surface area contributed by atoms with Crippen molar-refractivity contribution < 1.29 is 9.90 Å². The lowest BCUT2D eigenvalue weighted by Gasteiger charge is -2.14. The summed E-state index contributed by atoms with van der Waals surface area (Å²) in [4.78, 5) is 10.7. The van der Waals surface area contributed by atoms with Gasteiger partial charge in [0.25, 0.3) is 0 Å². The highest BCUT2D eigenvalue weighted by molar-refractivity contribution is 5.81. The predicted octanol–water partition coefficient (Wildman–Crippen LogP) is 3.24. The highest BCUT2D eigenvalue weighted by Gasteiger charge is 2.11. The average Bonchev–Trinajstić information content (AvgIpc) is 2.64. The number of carboxylic acids is 1. The van der Waals surface area contributed by atoms with E-state index in [2.05, 4.69) is 36.6 Å². The van der Waals surface area contributed by atoms with Gasteiger partial charge in [-0.15, -0.1) is 0 Å². The third-order valence-corrected chi connectivity index (χ3v) is 2.94. The van der Waals surface area contributed by atoms with Crippen LogP contribution in [0.25, 0.3) is 10.9 Å². The molecule has 3 heteroatoms. The Hall–Kier alpha value is -1.77. The molecule has 0 spiro atoms. The normalized spacial score (nSPS) is 11.2. The van der Waals surface area contributed by atoms with Crippen molar-refractivity contribution in [2.24, 2.45) is 0 Å². The monoisotopic (exact) mass is 231 g/mol. The van der Waals surface area contributed by atoms with Crippen molar-refractivity contribution >= 4 is 16.9 Å². The largest absolute Gasteiger partial charge is 0.481 e. The van der Waals surface area contributed by atoms with Gasteiger partial charge < -0.3 is 9.67 Å². The molecule has 1 aromatic carbocycles. The van der Waals surface area contributed by atoms with E-state index in [9.17, 15) is 4.79 Å². The molecule has 0 unspecified atom stereocenters. The van der Waals surface area contributed by atoms with Gasteiger partial charge in [0.15, 0.2) is 0 Å². The van der Waals surface area contributed by atoms with E-state index < -0.39 is 5.97 Å². The third kappa shape index (κ3) is 2.33. The number of rotatable bonds is 4. The van der Waals surface area contributed by atoms with E-state index in [1.807, 2.05) is 12.1 Å². The molecule has 0 aliphatic heterocycles. The summed E-state index contributed by atoms with van der Waals surface area (Å²) in [6, 6.07) is 10.6. The first-order valence-corrected chi connectivity index (χ1v) is 5.90. The highest BCUT2D eigenvalue weighted by Crippen LogP contribution is 2.24. The van der Waals surface area contributed by atoms with Gasteiger partial charge in [-0.05, 0) is 37.8 Å². The fraction of sp³-hybridized carbons (Fsp3) is 0.357. The number of carboxylic acid groups (broad SMARTS) is 1. The standard InChI is InChI=1S/C14H17NO2/c1-10(2)15-12(7-8-14(16)17)9-11-5-3-4-6-13(11)15/h3-6,9-10H,7-8H2,1-2H3,(H,16,17). The number of benzene rings is 1. The minimum atomic E-state index is -0.745. The van der Waals surface area contributed by atoms with Crippen molar-refractivity contribution in [3.05, 3.63) is 36.0 Å². The molecule has 2 rings (SSSR count). The van der Waals surface area contributed by atoms with Crippen molar-refractivity contribution in [3.63, 3.8) is 0 Å². The first-order valence-electron chi connectivity index (χ1n) is 5.90. The molecule has 1 heterocycles. The molecule has 0 radical (unpaired) electrons. The van der Waals surface area contributed by atoms with Crippen LogP contribution in [-0.2, 0) is 11.2 Å². The summed E-state index contributed by atoms with van der Waals surface area (Å²) in [6.45, 7) is 4.24. The second kappa shape index (κ2) is 4.62. The summed E-state index contributed by atoms with van der Waals surface area (Å²) >= 11 is 0. The van der Waals surface area contributed by atoms with Gasteiger partial charge in [0, 0.05) is 17.3 Å². The Morgan fingerprint density at radius 1 is 1.35 bits per heavy atom. The Labute approximate surface area is 101 Å². The van der Waals surface area contributed by atoms with Crippen molar-refractivity contribution in [2.45, 2.75) is 32.7 Å². The number of hydrogen-bond donors (Lipinski definition) is 1. The summed E-state index contributed by atoms with van der Waals surface area (Å²) in [5.74, 6) is -0.745. The van der Waals surface area contributed by atoms with Gasteiger partial charge in [-0.2, -0.15) is 0 Å². The maximum Gasteiger partial charge on any atom is 0.303 e. The Morgan fingerprint density at radius 2 is 2.06 bits per heavy atom. The summed E-state index contributed by atoms with van der Waals surface area (Å²) in [7, 11) is 0. The Balaban J connectivity index is 2.46. The Kier molecular flexibility index (Phi) is 3.18. The second-order valence-electron chi connectivity index (χ2n) is 4.55. The zero-order chi connectivity index (χ0) is 12.4. The van der Waals surface area contributed by atoms with Crippen LogP contribution in [0.5, 0.6) is 0 Å². The first-order chi connectivity index (χ1) is 8.09.